The van der Waals surface area contributed by atoms with Gasteiger partial charge in [0.1, 0.15) is 22.3 Å². The summed E-state index contributed by atoms with van der Waals surface area (Å²) in [5.41, 5.74) is 20.2. The number of rotatable bonds is 7. The van der Waals surface area contributed by atoms with Gasteiger partial charge in [-0.3, -0.25) is 0 Å². The summed E-state index contributed by atoms with van der Waals surface area (Å²) in [7, 11) is 0. The fourth-order valence-corrected chi connectivity index (χ4v) is 14.6. The molecule has 0 N–H and O–H groups in total. The van der Waals surface area contributed by atoms with Gasteiger partial charge in [-0.25, -0.2) is 0 Å². The van der Waals surface area contributed by atoms with E-state index in [-0.39, 0.29) is 0 Å². The van der Waals surface area contributed by atoms with E-state index in [2.05, 4.69) is 297 Å². The molecule has 0 aliphatic carbocycles. The van der Waals surface area contributed by atoms with Crippen LogP contribution < -0.4 is 0 Å². The molecule has 0 unspecified atom stereocenters. The maximum atomic E-state index is 7.16. The Labute approximate surface area is 495 Å². The zero-order valence-electron chi connectivity index (χ0n) is 46.7. The van der Waals surface area contributed by atoms with Crippen molar-refractivity contribution in [1.29, 1.82) is 0 Å². The average Bonchev–Trinajstić information content (AvgIpc) is 1.21. The molecule has 18 aromatic rings. The van der Waals surface area contributed by atoms with Crippen LogP contribution in [0.4, 0.5) is 0 Å². The Balaban J connectivity index is 0.843. The van der Waals surface area contributed by atoms with Crippen LogP contribution in [0, 0.1) is 0 Å². The minimum atomic E-state index is 0.871. The molecule has 0 atom stereocenters. The summed E-state index contributed by atoms with van der Waals surface area (Å²) >= 11 is 0. The first-order valence-electron chi connectivity index (χ1n) is 29.6. The number of hydrogen-bond donors (Lipinski definition) is 0. The van der Waals surface area contributed by atoms with E-state index in [1.165, 1.54) is 109 Å². The maximum Gasteiger partial charge on any atom is 0.143 e. The van der Waals surface area contributed by atoms with Crippen LogP contribution in [0.15, 0.2) is 312 Å². The highest BCUT2D eigenvalue weighted by atomic mass is 16.3. The van der Waals surface area contributed by atoms with Crippen molar-refractivity contribution in [1.82, 2.24) is 0 Å². The molecule has 0 amide bonds. The molecule has 2 aromatic heterocycles. The van der Waals surface area contributed by atoms with Crippen LogP contribution in [-0.4, -0.2) is 0 Å². The molecular weight excluding hydrogens is 1040 g/mol. The quantitative estimate of drug-likeness (QED) is 0.149. The molecule has 2 heterocycles. The highest BCUT2D eigenvalue weighted by Gasteiger charge is 2.25. The van der Waals surface area contributed by atoms with Crippen LogP contribution in [0.5, 0.6) is 0 Å². The molecule has 2 heteroatoms. The molecular formula is C84H50O2. The highest BCUT2D eigenvalue weighted by Crippen LogP contribution is 2.52. The molecule has 16 aromatic carbocycles. The van der Waals surface area contributed by atoms with Crippen molar-refractivity contribution in [3.05, 3.63) is 303 Å². The van der Waals surface area contributed by atoms with Crippen LogP contribution in [0.25, 0.3) is 186 Å². The van der Waals surface area contributed by atoms with E-state index in [4.69, 9.17) is 8.83 Å². The molecule has 398 valence electrons. The molecule has 0 radical (unpaired) electrons. The van der Waals surface area contributed by atoms with Crippen LogP contribution in [0.2, 0.25) is 0 Å². The van der Waals surface area contributed by atoms with Gasteiger partial charge >= 0.3 is 0 Å². The van der Waals surface area contributed by atoms with Gasteiger partial charge in [-0.15, -0.1) is 0 Å². The molecule has 0 bridgehead atoms. The van der Waals surface area contributed by atoms with Crippen molar-refractivity contribution < 1.29 is 8.83 Å². The largest absolute Gasteiger partial charge is 0.456 e. The summed E-state index contributed by atoms with van der Waals surface area (Å²) in [5.74, 6) is 0. The first-order chi connectivity index (χ1) is 42.7. The Morgan fingerprint density at radius 2 is 0.593 bits per heavy atom. The Morgan fingerprint density at radius 3 is 1.27 bits per heavy atom. The number of para-hydroxylation sites is 2. The van der Waals surface area contributed by atoms with Crippen LogP contribution in [0.3, 0.4) is 0 Å². The number of benzene rings is 16. The normalized spacial score (nSPS) is 12.0. The van der Waals surface area contributed by atoms with Gasteiger partial charge in [0.2, 0.25) is 0 Å². The predicted molar refractivity (Wildman–Crippen MR) is 364 cm³/mol. The number of furan rings is 2. The molecule has 2 nitrogen and oxygen atoms in total. The van der Waals surface area contributed by atoms with Gasteiger partial charge < -0.3 is 8.83 Å². The molecule has 86 heavy (non-hydrogen) atoms. The van der Waals surface area contributed by atoms with Crippen molar-refractivity contribution in [2.75, 3.05) is 0 Å². The second kappa shape index (κ2) is 19.1. The van der Waals surface area contributed by atoms with E-state index in [1.807, 2.05) is 6.07 Å². The first kappa shape index (κ1) is 48.2. The van der Waals surface area contributed by atoms with Gasteiger partial charge in [-0.05, 0) is 174 Å². The topological polar surface area (TPSA) is 26.3 Å². The smallest absolute Gasteiger partial charge is 0.143 e. The third kappa shape index (κ3) is 7.27. The van der Waals surface area contributed by atoms with Gasteiger partial charge in [-0.1, -0.05) is 267 Å². The number of fused-ring (bicyclic) bond motifs is 13. The number of hydrogen-bond acceptors (Lipinski definition) is 2. The van der Waals surface area contributed by atoms with E-state index in [9.17, 15) is 0 Å². The third-order valence-electron chi connectivity index (χ3n) is 18.2. The second-order valence-corrected chi connectivity index (χ2v) is 22.8. The zero-order chi connectivity index (χ0) is 56.4. The van der Waals surface area contributed by atoms with Gasteiger partial charge in [0.05, 0.1) is 0 Å². The van der Waals surface area contributed by atoms with Crippen LogP contribution in [0.1, 0.15) is 0 Å². The summed E-state index contributed by atoms with van der Waals surface area (Å²) in [5, 5.41) is 18.7. The monoisotopic (exact) mass is 1090 g/mol. The summed E-state index contributed by atoms with van der Waals surface area (Å²) < 4.78 is 13.6. The van der Waals surface area contributed by atoms with Gasteiger partial charge in [0.25, 0.3) is 0 Å². The highest BCUT2D eigenvalue weighted by molar-refractivity contribution is 6.30. The lowest BCUT2D eigenvalue weighted by Gasteiger charge is -2.20. The average molecular weight is 1090 g/mol. The minimum absolute atomic E-state index is 0.871. The SMILES string of the molecule is c1ccc(-c2ccccc2-c2c3ccccc3c(-c3cc4ccc(-c5cccc6c(-c7c8ccccc8c(-c8ccccc8)c8cc(-c9cccc%10oc%11ccccc%11c9%10)ccc78)cccc56)cc4c4oc5ccccc5c34)c3ccccc23)cc1. The Kier molecular flexibility index (Phi) is 10.7. The first-order valence-corrected chi connectivity index (χ1v) is 29.6. The molecule has 18 rings (SSSR count). The maximum absolute atomic E-state index is 7.16. The minimum Gasteiger partial charge on any atom is -0.456 e. The fourth-order valence-electron chi connectivity index (χ4n) is 14.6. The van der Waals surface area contributed by atoms with Crippen molar-refractivity contribution in [2.24, 2.45) is 0 Å². The Morgan fingerprint density at radius 1 is 0.174 bits per heavy atom. The van der Waals surface area contributed by atoms with Crippen molar-refractivity contribution >= 4 is 109 Å². The summed E-state index contributed by atoms with van der Waals surface area (Å²) in [6.45, 7) is 0. The lowest BCUT2D eigenvalue weighted by atomic mass is 9.82. The van der Waals surface area contributed by atoms with E-state index < -0.39 is 0 Å². The molecule has 0 saturated heterocycles. The standard InChI is InChI=1S/C84H50O2/c1-3-22-51(23-4-1)56-26-7-8-27-61(56)79-65-30-11-13-32-67(65)81(68-33-14-12-31-66(68)79)74-50-55-45-44-53(48-72(55)84-83(74)71-35-16-18-42-76(71)86-84)57-36-19-39-60-59(57)38-20-40-62(60)80-64-29-10-9-28-63(64)78(52-24-5-2-6-25-52)73-49-54(46-47-69(73)80)58-37-21-43-77-82(58)70-34-15-17-41-75(70)85-77/h1-50H. The van der Waals surface area contributed by atoms with E-state index >= 15 is 0 Å². The van der Waals surface area contributed by atoms with Gasteiger partial charge in [0.15, 0.2) is 0 Å². The molecule has 0 saturated carbocycles. The van der Waals surface area contributed by atoms with Crippen LogP contribution in [-0.2, 0) is 0 Å². The van der Waals surface area contributed by atoms with Crippen molar-refractivity contribution in [3.63, 3.8) is 0 Å². The van der Waals surface area contributed by atoms with Gasteiger partial charge in [0, 0.05) is 26.9 Å². The zero-order valence-corrected chi connectivity index (χ0v) is 46.7. The molecule has 0 aliphatic heterocycles. The third-order valence-corrected chi connectivity index (χ3v) is 18.2. The summed E-state index contributed by atoms with van der Waals surface area (Å²) in [6.07, 6.45) is 0. The lowest BCUT2D eigenvalue weighted by molar-refractivity contribution is 0.669. The fraction of sp³-hybridized carbons (Fsp3) is 0. The molecule has 0 aliphatic rings. The summed E-state index contributed by atoms with van der Waals surface area (Å²) in [6, 6.07) is 111. The van der Waals surface area contributed by atoms with Crippen LogP contribution >= 0.6 is 0 Å². The molecule has 0 fully saturated rings. The molecule has 0 spiro atoms. The Hall–Kier alpha value is -11.3. The van der Waals surface area contributed by atoms with Crippen molar-refractivity contribution in [3.8, 4) is 77.9 Å². The lowest BCUT2D eigenvalue weighted by Crippen LogP contribution is -1.93. The van der Waals surface area contributed by atoms with Gasteiger partial charge in [-0.2, -0.15) is 0 Å². The summed E-state index contributed by atoms with van der Waals surface area (Å²) in [4.78, 5) is 0. The Bertz CT molecular complexity index is 5770. The van der Waals surface area contributed by atoms with E-state index in [1.54, 1.807) is 0 Å². The van der Waals surface area contributed by atoms with E-state index in [0.717, 1.165) is 76.9 Å². The predicted octanol–water partition coefficient (Wildman–Crippen LogP) is 24.1. The second-order valence-electron chi connectivity index (χ2n) is 22.8. The van der Waals surface area contributed by atoms with Crippen molar-refractivity contribution in [2.45, 2.75) is 0 Å². The van der Waals surface area contributed by atoms with E-state index in [0.29, 0.717) is 0 Å².